The van der Waals surface area contributed by atoms with Crippen molar-refractivity contribution in [2.45, 2.75) is 25.2 Å². The van der Waals surface area contributed by atoms with Gasteiger partial charge in [0, 0.05) is 10.6 Å². The van der Waals surface area contributed by atoms with Gasteiger partial charge in [-0.25, -0.2) is 4.79 Å². The van der Waals surface area contributed by atoms with Gasteiger partial charge in [0.2, 0.25) is 0 Å². The third-order valence-electron chi connectivity index (χ3n) is 2.34. The number of rotatable bonds is 4. The normalized spacial score (nSPS) is 14.3. The second kappa shape index (κ2) is 5.74. The maximum absolute atomic E-state index is 12.0. The molecule has 1 aromatic rings. The van der Waals surface area contributed by atoms with Crippen LogP contribution < -0.4 is 0 Å². The SMILES string of the molecule is COC(=O)[C@@](C#N)(O[Si](C)(C)C)c1ccc(Cl)cc1. The molecule has 0 saturated carbocycles. The lowest BCUT2D eigenvalue weighted by Crippen LogP contribution is -2.46. The Kier molecular flexibility index (Phi) is 4.74. The predicted molar refractivity (Wildman–Crippen MR) is 75.2 cm³/mol. The van der Waals surface area contributed by atoms with Crippen molar-refractivity contribution in [2.75, 3.05) is 7.11 Å². The molecule has 1 rings (SSSR count). The topological polar surface area (TPSA) is 59.3 Å². The van der Waals surface area contributed by atoms with Gasteiger partial charge in [-0.3, -0.25) is 0 Å². The van der Waals surface area contributed by atoms with Gasteiger partial charge in [-0.05, 0) is 31.8 Å². The van der Waals surface area contributed by atoms with Gasteiger partial charge >= 0.3 is 5.97 Å². The molecule has 0 aromatic heterocycles. The van der Waals surface area contributed by atoms with Crippen LogP contribution in [0.1, 0.15) is 5.56 Å². The van der Waals surface area contributed by atoms with Gasteiger partial charge in [-0.1, -0.05) is 23.7 Å². The Bertz CT molecular complexity index is 504. The number of ether oxygens (including phenoxy) is 1. The molecule has 0 unspecified atom stereocenters. The summed E-state index contributed by atoms with van der Waals surface area (Å²) in [5.74, 6) is -0.722. The first kappa shape index (κ1) is 15.7. The molecule has 1 atom stereocenters. The Morgan fingerprint density at radius 1 is 1.32 bits per heavy atom. The average Bonchev–Trinajstić information content (AvgIpc) is 2.35. The van der Waals surface area contributed by atoms with Crippen LogP contribution in [0.3, 0.4) is 0 Å². The molecular weight excluding hydrogens is 282 g/mol. The summed E-state index contributed by atoms with van der Waals surface area (Å²) < 4.78 is 10.6. The molecular formula is C13H16ClNO3Si. The number of carbonyl (C=O) groups excluding carboxylic acids is 1. The molecule has 6 heteroatoms. The molecule has 19 heavy (non-hydrogen) atoms. The molecule has 0 aliphatic carbocycles. The molecule has 0 radical (unpaired) electrons. The van der Waals surface area contributed by atoms with Crippen LogP contribution in [0.2, 0.25) is 24.7 Å². The number of hydrogen-bond donors (Lipinski definition) is 0. The van der Waals surface area contributed by atoms with E-state index >= 15 is 0 Å². The lowest BCUT2D eigenvalue weighted by molar-refractivity contribution is -0.155. The summed E-state index contributed by atoms with van der Waals surface area (Å²) in [6, 6.07) is 8.37. The van der Waals surface area contributed by atoms with E-state index in [4.69, 9.17) is 20.8 Å². The number of carbonyl (C=O) groups is 1. The third kappa shape index (κ3) is 3.57. The lowest BCUT2D eigenvalue weighted by atomic mass is 9.96. The van der Waals surface area contributed by atoms with Gasteiger partial charge in [0.1, 0.15) is 6.07 Å². The number of nitrogens with zero attached hydrogens (tertiary/aromatic N) is 1. The number of benzene rings is 1. The molecule has 0 N–H and O–H groups in total. The Morgan fingerprint density at radius 3 is 2.21 bits per heavy atom. The number of nitriles is 1. The van der Waals surface area contributed by atoms with Crippen molar-refractivity contribution in [3.8, 4) is 6.07 Å². The van der Waals surface area contributed by atoms with Crippen molar-refractivity contribution in [3.05, 3.63) is 34.9 Å². The van der Waals surface area contributed by atoms with Crippen molar-refractivity contribution in [2.24, 2.45) is 0 Å². The minimum absolute atomic E-state index is 0.425. The first-order valence-electron chi connectivity index (χ1n) is 5.71. The Labute approximate surface area is 119 Å². The molecule has 0 bridgehead atoms. The van der Waals surface area contributed by atoms with Crippen LogP contribution in [0.5, 0.6) is 0 Å². The van der Waals surface area contributed by atoms with Crippen LogP contribution in [0.25, 0.3) is 0 Å². The first-order valence-corrected chi connectivity index (χ1v) is 9.49. The van der Waals surface area contributed by atoms with Crippen LogP contribution in [0.15, 0.2) is 24.3 Å². The highest BCUT2D eigenvalue weighted by molar-refractivity contribution is 6.70. The Hall–Kier alpha value is -1.35. The quantitative estimate of drug-likeness (QED) is 0.633. The van der Waals surface area contributed by atoms with E-state index in [0.717, 1.165) is 0 Å². The molecule has 0 aliphatic heterocycles. The van der Waals surface area contributed by atoms with Gasteiger partial charge in [0.25, 0.3) is 5.60 Å². The van der Waals surface area contributed by atoms with Crippen molar-refractivity contribution in [1.82, 2.24) is 0 Å². The summed E-state index contributed by atoms with van der Waals surface area (Å²) in [5.41, 5.74) is -1.31. The predicted octanol–water partition coefficient (Wildman–Crippen LogP) is 3.08. The van der Waals surface area contributed by atoms with Crippen LogP contribution in [0, 0.1) is 11.3 Å². The van der Waals surface area contributed by atoms with Gasteiger partial charge < -0.3 is 9.16 Å². The van der Waals surface area contributed by atoms with Gasteiger partial charge in [0.05, 0.1) is 7.11 Å². The van der Waals surface area contributed by atoms with E-state index in [-0.39, 0.29) is 0 Å². The van der Waals surface area contributed by atoms with Crippen molar-refractivity contribution >= 4 is 25.9 Å². The minimum Gasteiger partial charge on any atom is -0.466 e. The van der Waals surface area contributed by atoms with Crippen LogP contribution in [-0.4, -0.2) is 21.4 Å². The van der Waals surface area contributed by atoms with Gasteiger partial charge in [-0.15, -0.1) is 0 Å². The van der Waals surface area contributed by atoms with E-state index in [9.17, 15) is 10.1 Å². The van der Waals surface area contributed by atoms with E-state index in [1.54, 1.807) is 24.3 Å². The molecule has 0 amide bonds. The smallest absolute Gasteiger partial charge is 0.357 e. The largest absolute Gasteiger partial charge is 0.466 e. The van der Waals surface area contributed by atoms with Crippen molar-refractivity contribution in [3.63, 3.8) is 0 Å². The zero-order valence-electron chi connectivity index (χ0n) is 11.4. The fourth-order valence-electron chi connectivity index (χ4n) is 1.64. The second-order valence-electron chi connectivity index (χ2n) is 5.01. The monoisotopic (exact) mass is 297 g/mol. The maximum atomic E-state index is 12.0. The van der Waals surface area contributed by atoms with E-state index in [0.29, 0.717) is 10.6 Å². The highest BCUT2D eigenvalue weighted by Crippen LogP contribution is 2.31. The molecule has 1 aromatic carbocycles. The van der Waals surface area contributed by atoms with Crippen molar-refractivity contribution < 1.29 is 14.0 Å². The number of hydrogen-bond acceptors (Lipinski definition) is 4. The summed E-state index contributed by atoms with van der Waals surface area (Å²) in [6.07, 6.45) is 0. The molecule has 4 nitrogen and oxygen atoms in total. The summed E-state index contributed by atoms with van der Waals surface area (Å²) in [5, 5.41) is 10.00. The summed E-state index contributed by atoms with van der Waals surface area (Å²) >= 11 is 5.82. The maximum Gasteiger partial charge on any atom is 0.357 e. The van der Waals surface area contributed by atoms with Gasteiger partial charge in [-0.2, -0.15) is 5.26 Å². The minimum atomic E-state index is -2.15. The molecule has 0 saturated heterocycles. The molecule has 0 heterocycles. The first-order chi connectivity index (χ1) is 8.75. The summed E-state index contributed by atoms with van der Waals surface area (Å²) in [4.78, 5) is 12.0. The van der Waals surface area contributed by atoms with Crippen LogP contribution >= 0.6 is 11.6 Å². The number of halogens is 1. The number of esters is 1. The third-order valence-corrected chi connectivity index (χ3v) is 3.51. The van der Waals surface area contributed by atoms with Crippen LogP contribution in [-0.2, 0) is 19.6 Å². The van der Waals surface area contributed by atoms with E-state index in [2.05, 4.69) is 0 Å². The number of methoxy groups -OCH3 is 1. The Morgan fingerprint density at radius 2 is 1.84 bits per heavy atom. The standard InChI is InChI=1S/C13H16ClNO3Si/c1-17-12(16)13(9-15,18-19(2,3)4)10-5-7-11(14)8-6-10/h5-8H,1-4H3/t13-/m0/s1. The van der Waals surface area contributed by atoms with Gasteiger partial charge in [0.15, 0.2) is 8.32 Å². The van der Waals surface area contributed by atoms with E-state index < -0.39 is 19.9 Å². The fourth-order valence-corrected chi connectivity index (χ4v) is 2.93. The highest BCUT2D eigenvalue weighted by atomic mass is 35.5. The van der Waals surface area contributed by atoms with Crippen LogP contribution in [0.4, 0.5) is 0 Å². The summed E-state index contributed by atoms with van der Waals surface area (Å²) in [6.45, 7) is 5.70. The average molecular weight is 298 g/mol. The Balaban J connectivity index is 3.37. The molecule has 0 fully saturated rings. The molecule has 102 valence electrons. The molecule has 0 spiro atoms. The fraction of sp³-hybridized carbons (Fsp3) is 0.385. The molecule has 0 aliphatic rings. The lowest BCUT2D eigenvalue weighted by Gasteiger charge is -2.31. The highest BCUT2D eigenvalue weighted by Gasteiger charge is 2.46. The zero-order valence-corrected chi connectivity index (χ0v) is 13.1. The summed E-state index contributed by atoms with van der Waals surface area (Å²) in [7, 11) is -0.911. The van der Waals surface area contributed by atoms with Crippen molar-refractivity contribution in [1.29, 1.82) is 5.26 Å². The van der Waals surface area contributed by atoms with E-state index in [1.807, 2.05) is 25.7 Å². The van der Waals surface area contributed by atoms with E-state index in [1.165, 1.54) is 7.11 Å². The zero-order chi connectivity index (χ0) is 14.7. The second-order valence-corrected chi connectivity index (χ2v) is 9.87.